The maximum absolute atomic E-state index is 12.9. The molecule has 0 aliphatic heterocycles. The highest BCUT2D eigenvalue weighted by Gasteiger charge is 2.25. The van der Waals surface area contributed by atoms with Gasteiger partial charge in [-0.25, -0.2) is 0 Å². The van der Waals surface area contributed by atoms with E-state index in [0.29, 0.717) is 0 Å². The largest absolute Gasteiger partial charge is 0.483 e. The molecule has 0 saturated heterocycles. The molecule has 0 amide bonds. The third-order valence-electron chi connectivity index (χ3n) is 12.3. The van der Waals surface area contributed by atoms with Crippen molar-refractivity contribution in [2.75, 3.05) is 18.0 Å². The van der Waals surface area contributed by atoms with E-state index in [9.17, 15) is 9.59 Å². The highest BCUT2D eigenvalue weighted by molar-refractivity contribution is 5.58. The van der Waals surface area contributed by atoms with Crippen molar-refractivity contribution in [3.8, 4) is 0 Å². The zero-order chi connectivity index (χ0) is 47.9. The maximum Gasteiger partial charge on any atom is 0.290 e. The Labute approximate surface area is 392 Å². The van der Waals surface area contributed by atoms with Gasteiger partial charge in [0.1, 0.15) is 0 Å². The molecule has 0 aliphatic carbocycles. The van der Waals surface area contributed by atoms with Crippen LogP contribution in [0.25, 0.3) is 0 Å². The lowest BCUT2D eigenvalue weighted by atomic mass is 9.89. The summed E-state index contributed by atoms with van der Waals surface area (Å²) in [5.41, 5.74) is 1.30. The van der Waals surface area contributed by atoms with Gasteiger partial charge in [-0.1, -0.05) is 280 Å². The van der Waals surface area contributed by atoms with E-state index in [4.69, 9.17) is 19.8 Å². The molecule has 7 heteroatoms. The lowest BCUT2D eigenvalue weighted by Gasteiger charge is -2.28. The van der Waals surface area contributed by atoms with Crippen LogP contribution in [0.2, 0.25) is 0 Å². The smallest absolute Gasteiger partial charge is 0.290 e. The Balaban J connectivity index is -0.00000159. The molecule has 0 saturated carbocycles. The van der Waals surface area contributed by atoms with Gasteiger partial charge < -0.3 is 15.1 Å². The van der Waals surface area contributed by atoms with Crippen molar-refractivity contribution in [2.24, 2.45) is 5.92 Å². The van der Waals surface area contributed by atoms with Gasteiger partial charge in [0.05, 0.1) is 5.69 Å². The molecule has 0 spiro atoms. The number of hydrogen-bond donors (Lipinski definition) is 2. The molecule has 1 aromatic rings. The monoisotopic (exact) mass is 894 g/mol. The number of nitrogens with zero attached hydrogens (tertiary/aromatic N) is 1. The Morgan fingerprint density at radius 1 is 0.381 bits per heavy atom. The Morgan fingerprint density at radius 3 is 0.905 bits per heavy atom. The Bertz CT molecular complexity index is 1040. The van der Waals surface area contributed by atoms with E-state index in [1.54, 1.807) is 0 Å². The minimum absolute atomic E-state index is 0.182. The van der Waals surface area contributed by atoms with Crippen molar-refractivity contribution in [1.82, 2.24) is 0 Å². The first-order valence-corrected chi connectivity index (χ1v) is 27.7. The Kier molecular flexibility index (Phi) is 64.0. The van der Waals surface area contributed by atoms with E-state index in [-0.39, 0.29) is 23.8 Å². The van der Waals surface area contributed by atoms with Gasteiger partial charge in [-0.2, -0.15) is 0 Å². The third kappa shape index (κ3) is 46.2. The molecule has 0 bridgehead atoms. The van der Waals surface area contributed by atoms with Crippen molar-refractivity contribution in [3.63, 3.8) is 0 Å². The second-order valence-corrected chi connectivity index (χ2v) is 17.6. The van der Waals surface area contributed by atoms with Crippen LogP contribution in [-0.4, -0.2) is 36.2 Å². The second-order valence-electron chi connectivity index (χ2n) is 17.6. The molecule has 1 aromatic carbocycles. The van der Waals surface area contributed by atoms with Crippen molar-refractivity contribution >= 4 is 18.6 Å². The van der Waals surface area contributed by atoms with Crippen LogP contribution in [0.3, 0.4) is 0 Å². The fourth-order valence-corrected chi connectivity index (χ4v) is 8.68. The molecule has 0 atom stereocenters. The summed E-state index contributed by atoms with van der Waals surface area (Å²) in [6.07, 6.45) is 52.3. The zero-order valence-electron chi connectivity index (χ0n) is 43.7. The van der Waals surface area contributed by atoms with E-state index in [1.807, 2.05) is 27.7 Å². The van der Waals surface area contributed by atoms with Crippen molar-refractivity contribution in [2.45, 2.75) is 306 Å². The summed E-state index contributed by atoms with van der Waals surface area (Å²) < 4.78 is 0. The van der Waals surface area contributed by atoms with Crippen LogP contribution in [0.15, 0.2) is 9.59 Å². The summed E-state index contributed by atoms with van der Waals surface area (Å²) in [7, 11) is 0. The molecule has 7 nitrogen and oxygen atoms in total. The zero-order valence-corrected chi connectivity index (χ0v) is 43.7. The van der Waals surface area contributed by atoms with Crippen molar-refractivity contribution in [3.05, 3.63) is 26.0 Å². The van der Waals surface area contributed by atoms with Gasteiger partial charge in [-0.05, 0) is 31.6 Å². The van der Waals surface area contributed by atoms with Gasteiger partial charge in [0.15, 0.2) is 0 Å². The molecule has 0 fully saturated rings. The average Bonchev–Trinajstić information content (AvgIpc) is 3.30. The topological polar surface area (TPSA) is 112 Å². The average molecular weight is 895 g/mol. The minimum Gasteiger partial charge on any atom is -0.483 e. The summed E-state index contributed by atoms with van der Waals surface area (Å²) in [5.74, 6) is 0.942. The lowest BCUT2D eigenvalue weighted by molar-refractivity contribution is -0.123. The number of carboxylic acid groups (broad SMARTS) is 2. The van der Waals surface area contributed by atoms with Crippen LogP contribution in [0.5, 0.6) is 0 Å². The van der Waals surface area contributed by atoms with E-state index in [0.717, 1.165) is 62.4 Å². The summed E-state index contributed by atoms with van der Waals surface area (Å²) in [4.78, 5) is 44.7. The van der Waals surface area contributed by atoms with Gasteiger partial charge in [-0.3, -0.25) is 19.2 Å². The number of anilines is 1. The fourth-order valence-electron chi connectivity index (χ4n) is 8.68. The van der Waals surface area contributed by atoms with E-state index in [1.165, 1.54) is 218 Å². The highest BCUT2D eigenvalue weighted by atomic mass is 16.3. The van der Waals surface area contributed by atoms with Crippen molar-refractivity contribution in [1.29, 1.82) is 0 Å². The van der Waals surface area contributed by atoms with E-state index >= 15 is 0 Å². The van der Waals surface area contributed by atoms with Gasteiger partial charge >= 0.3 is 0 Å². The summed E-state index contributed by atoms with van der Waals surface area (Å²) in [6, 6.07) is 0. The highest BCUT2D eigenvalue weighted by Crippen LogP contribution is 2.25. The molecule has 0 radical (unpaired) electrons. The summed E-state index contributed by atoms with van der Waals surface area (Å²) in [5, 5.41) is 13.8. The molecule has 0 unspecified atom stereocenters. The number of carbonyl (C=O) groups is 2. The van der Waals surface area contributed by atoms with Gasteiger partial charge in [-0.15, -0.1) is 0 Å². The first-order valence-electron chi connectivity index (χ1n) is 27.7. The van der Waals surface area contributed by atoms with Crippen LogP contribution in [-0.2, 0) is 16.0 Å². The number of hydrogen-bond acceptors (Lipinski definition) is 5. The number of rotatable bonds is 43. The van der Waals surface area contributed by atoms with E-state index in [2.05, 4.69) is 32.6 Å². The molecule has 0 heterocycles. The fraction of sp³-hybridized carbons (Fsp3) is 0.893. The van der Waals surface area contributed by atoms with Gasteiger partial charge in [0, 0.05) is 18.7 Å². The Morgan fingerprint density at radius 2 is 0.619 bits per heavy atom. The first-order chi connectivity index (χ1) is 30.9. The first kappa shape index (κ1) is 67.4. The molecule has 376 valence electrons. The van der Waals surface area contributed by atoms with E-state index < -0.39 is 0 Å². The van der Waals surface area contributed by atoms with Crippen LogP contribution >= 0.6 is 0 Å². The molecule has 2 N–H and O–H groups in total. The molecular weight excluding hydrogens is 783 g/mol. The van der Waals surface area contributed by atoms with Crippen molar-refractivity contribution < 1.29 is 19.8 Å². The maximum atomic E-state index is 12.9. The standard InChI is InChI=1S/C50H95NO2.2C2H6.2CH2O2/c1-5-9-13-17-20-21-22-23-24-25-26-27-32-38-44-51(48-47(49(52)50(48)53)43-37-16-12-8-4)45-39-33-28-31-36-42-46(40-34-29-18-14-10-6-2)41-35-30-19-15-11-7-3;2*1-2;2*2-1-3/h46H,5-45H2,1-4H3;2*1-2H3;2*1H,(H,2,3). The predicted molar refractivity (Wildman–Crippen MR) is 279 cm³/mol. The number of unbranched alkanes of at least 4 members (excludes halogenated alkanes) is 30. The predicted octanol–water partition coefficient (Wildman–Crippen LogP) is 17.6. The van der Waals surface area contributed by atoms with Gasteiger partial charge in [0.25, 0.3) is 12.9 Å². The lowest BCUT2D eigenvalue weighted by Crippen LogP contribution is -2.44. The molecule has 0 aromatic heterocycles. The van der Waals surface area contributed by atoms with Crippen LogP contribution < -0.4 is 15.8 Å². The Hall–Kier alpha value is -2.18. The normalized spacial score (nSPS) is 10.5. The SMILES string of the molecule is CC.CC.CCCCCCCCCCCCCCCCN(CCCCCCCC(CCCCCCCC)CCCCCCCC)c1c(CCCCCC)c(=O)c1=O.O=CO.O=CO. The van der Waals surface area contributed by atoms with Crippen LogP contribution in [0, 0.1) is 5.92 Å². The summed E-state index contributed by atoms with van der Waals surface area (Å²) >= 11 is 0. The molecular formula is C56H111NO6. The van der Waals surface area contributed by atoms with Crippen LogP contribution in [0.4, 0.5) is 5.69 Å². The quantitative estimate of drug-likeness (QED) is 0.0381. The molecule has 0 aliphatic rings. The molecule has 63 heavy (non-hydrogen) atoms. The van der Waals surface area contributed by atoms with Gasteiger partial charge in [0.2, 0.25) is 10.9 Å². The third-order valence-corrected chi connectivity index (χ3v) is 12.3. The second kappa shape index (κ2) is 59.8. The van der Waals surface area contributed by atoms with Crippen LogP contribution in [0.1, 0.15) is 305 Å². The minimum atomic E-state index is -0.250. The molecule has 1 rings (SSSR count). The summed E-state index contributed by atoms with van der Waals surface area (Å²) in [6.45, 7) is 18.5.